The van der Waals surface area contributed by atoms with Gasteiger partial charge < -0.3 is 20.1 Å². The van der Waals surface area contributed by atoms with Crippen molar-refractivity contribution in [3.8, 4) is 5.75 Å². The number of carbonyl (C=O) groups excluding carboxylic acids is 1. The molecule has 2 N–H and O–H groups in total. The molecule has 2 amide bonds. The number of nitrogens with one attached hydrogen (secondary N) is 1. The molecule has 2 rings (SSSR count). The maximum Gasteiger partial charge on any atom is 0.317 e. The fraction of sp³-hybridized carbons (Fsp3) is 0.562. The predicted molar refractivity (Wildman–Crippen MR) is 81.6 cm³/mol. The molecule has 1 aliphatic heterocycles. The number of aryl methyl sites for hydroxylation is 1. The molecule has 0 radical (unpaired) electrons. The van der Waals surface area contributed by atoms with E-state index in [2.05, 4.69) is 11.4 Å². The van der Waals surface area contributed by atoms with Gasteiger partial charge >= 0.3 is 6.03 Å². The lowest BCUT2D eigenvalue weighted by atomic mass is 10.1. The Balaban J connectivity index is 1.86. The minimum atomic E-state index is -0.0850. The van der Waals surface area contributed by atoms with E-state index in [1.54, 1.807) is 12.0 Å². The van der Waals surface area contributed by atoms with E-state index in [0.717, 1.165) is 37.1 Å². The molecule has 1 fully saturated rings. The van der Waals surface area contributed by atoms with Crippen LogP contribution in [0.1, 0.15) is 24.0 Å². The number of carbonyl (C=O) groups is 1. The van der Waals surface area contributed by atoms with Crippen LogP contribution in [0.2, 0.25) is 0 Å². The van der Waals surface area contributed by atoms with Gasteiger partial charge in [0, 0.05) is 13.1 Å². The van der Waals surface area contributed by atoms with Crippen molar-refractivity contribution in [2.75, 3.05) is 26.8 Å². The van der Waals surface area contributed by atoms with Crippen LogP contribution in [-0.2, 0) is 6.42 Å². The van der Waals surface area contributed by atoms with Gasteiger partial charge in [0.1, 0.15) is 5.75 Å². The molecule has 0 spiro atoms. The Morgan fingerprint density at radius 2 is 2.33 bits per heavy atom. The van der Waals surface area contributed by atoms with E-state index in [0.29, 0.717) is 6.54 Å². The van der Waals surface area contributed by atoms with Crippen LogP contribution < -0.4 is 10.1 Å². The van der Waals surface area contributed by atoms with Crippen molar-refractivity contribution < 1.29 is 14.6 Å². The summed E-state index contributed by atoms with van der Waals surface area (Å²) in [5, 5.41) is 12.2. The highest BCUT2D eigenvalue weighted by Gasteiger charge is 2.27. The van der Waals surface area contributed by atoms with Gasteiger partial charge in [0.25, 0.3) is 0 Å². The summed E-state index contributed by atoms with van der Waals surface area (Å²) in [6.45, 7) is 3.37. The molecule has 0 aliphatic carbocycles. The van der Waals surface area contributed by atoms with Crippen LogP contribution >= 0.6 is 0 Å². The molecule has 0 bridgehead atoms. The number of hydrogen-bond acceptors (Lipinski definition) is 3. The lowest BCUT2D eigenvalue weighted by Gasteiger charge is -2.23. The number of likely N-dealkylation sites (tertiary alicyclic amines) is 1. The molecule has 21 heavy (non-hydrogen) atoms. The van der Waals surface area contributed by atoms with Gasteiger partial charge in [-0.1, -0.05) is 17.7 Å². The number of methoxy groups -OCH3 is 1. The summed E-state index contributed by atoms with van der Waals surface area (Å²) in [6.07, 6.45) is 2.58. The zero-order chi connectivity index (χ0) is 15.2. The fourth-order valence-electron chi connectivity index (χ4n) is 2.80. The number of nitrogens with zero attached hydrogens (tertiary/aromatic N) is 1. The molecular weight excluding hydrogens is 268 g/mol. The Bertz CT molecular complexity index is 490. The molecule has 1 saturated heterocycles. The average Bonchev–Trinajstić information content (AvgIpc) is 2.96. The number of hydrogen-bond donors (Lipinski definition) is 2. The van der Waals surface area contributed by atoms with E-state index < -0.39 is 0 Å². The average molecular weight is 292 g/mol. The molecule has 1 atom stereocenters. The molecule has 1 aromatic rings. The standard InChI is InChI=1S/C16H24N2O3/c1-12-5-6-15(21-2)13(10-12)7-8-17-16(20)18-9-3-4-14(18)11-19/h5-6,10,14,19H,3-4,7-9,11H2,1-2H3,(H,17,20). The molecule has 1 aliphatic rings. The Morgan fingerprint density at radius 1 is 1.52 bits per heavy atom. The maximum atomic E-state index is 12.1. The van der Waals surface area contributed by atoms with E-state index in [4.69, 9.17) is 4.74 Å². The smallest absolute Gasteiger partial charge is 0.317 e. The Hall–Kier alpha value is -1.75. The first-order valence-electron chi connectivity index (χ1n) is 7.44. The highest BCUT2D eigenvalue weighted by molar-refractivity contribution is 5.74. The van der Waals surface area contributed by atoms with Crippen molar-refractivity contribution in [1.82, 2.24) is 10.2 Å². The minimum Gasteiger partial charge on any atom is -0.496 e. The second-order valence-electron chi connectivity index (χ2n) is 5.47. The Kier molecular flexibility index (Phi) is 5.44. The molecule has 0 saturated carbocycles. The summed E-state index contributed by atoms with van der Waals surface area (Å²) in [4.78, 5) is 13.8. The number of amides is 2. The lowest BCUT2D eigenvalue weighted by molar-refractivity contribution is 0.157. The van der Waals surface area contributed by atoms with Crippen LogP contribution in [-0.4, -0.2) is 48.9 Å². The third kappa shape index (κ3) is 3.88. The van der Waals surface area contributed by atoms with Crippen LogP contribution in [0.3, 0.4) is 0 Å². The van der Waals surface area contributed by atoms with Gasteiger partial charge in [-0.05, 0) is 37.8 Å². The molecule has 1 heterocycles. The predicted octanol–water partition coefficient (Wildman–Crippen LogP) is 1.71. The van der Waals surface area contributed by atoms with Crippen molar-refractivity contribution >= 4 is 6.03 Å². The Labute approximate surface area is 125 Å². The summed E-state index contributed by atoms with van der Waals surface area (Å²) in [6, 6.07) is 5.93. The van der Waals surface area contributed by atoms with Crippen LogP contribution in [0.15, 0.2) is 18.2 Å². The molecule has 116 valence electrons. The van der Waals surface area contributed by atoms with Gasteiger partial charge in [-0.25, -0.2) is 4.79 Å². The first kappa shape index (κ1) is 15.6. The molecule has 1 aromatic carbocycles. The second-order valence-corrected chi connectivity index (χ2v) is 5.47. The zero-order valence-corrected chi connectivity index (χ0v) is 12.8. The zero-order valence-electron chi connectivity index (χ0n) is 12.8. The monoisotopic (exact) mass is 292 g/mol. The maximum absolute atomic E-state index is 12.1. The highest BCUT2D eigenvalue weighted by Crippen LogP contribution is 2.20. The van der Waals surface area contributed by atoms with Crippen molar-refractivity contribution in [3.05, 3.63) is 29.3 Å². The fourth-order valence-corrected chi connectivity index (χ4v) is 2.80. The van der Waals surface area contributed by atoms with Gasteiger partial charge in [0.2, 0.25) is 0 Å². The van der Waals surface area contributed by atoms with Gasteiger partial charge in [-0.2, -0.15) is 0 Å². The van der Waals surface area contributed by atoms with E-state index in [1.807, 2.05) is 19.1 Å². The number of aliphatic hydroxyl groups is 1. The molecule has 0 aromatic heterocycles. The van der Waals surface area contributed by atoms with Crippen LogP contribution in [0.4, 0.5) is 4.79 Å². The second kappa shape index (κ2) is 7.31. The van der Waals surface area contributed by atoms with Crippen molar-refractivity contribution in [1.29, 1.82) is 0 Å². The van der Waals surface area contributed by atoms with E-state index in [9.17, 15) is 9.90 Å². The summed E-state index contributed by atoms with van der Waals surface area (Å²) < 4.78 is 5.34. The Morgan fingerprint density at radius 3 is 3.05 bits per heavy atom. The van der Waals surface area contributed by atoms with Gasteiger partial charge in [0.15, 0.2) is 0 Å². The number of urea groups is 1. The topological polar surface area (TPSA) is 61.8 Å². The molecule has 1 unspecified atom stereocenters. The van der Waals surface area contributed by atoms with Crippen LogP contribution in [0.25, 0.3) is 0 Å². The molecule has 5 nitrogen and oxygen atoms in total. The van der Waals surface area contributed by atoms with E-state index >= 15 is 0 Å². The third-order valence-electron chi connectivity index (χ3n) is 3.96. The normalized spacial score (nSPS) is 17.9. The lowest BCUT2D eigenvalue weighted by Crippen LogP contribution is -2.44. The van der Waals surface area contributed by atoms with Gasteiger partial charge in [0.05, 0.1) is 19.8 Å². The number of ether oxygens (including phenoxy) is 1. The minimum absolute atomic E-state index is 0.0292. The largest absolute Gasteiger partial charge is 0.496 e. The quantitative estimate of drug-likeness (QED) is 0.868. The van der Waals surface area contributed by atoms with Crippen molar-refractivity contribution in [3.63, 3.8) is 0 Å². The van der Waals surface area contributed by atoms with E-state index in [1.165, 1.54) is 5.56 Å². The van der Waals surface area contributed by atoms with Crippen LogP contribution in [0, 0.1) is 6.92 Å². The van der Waals surface area contributed by atoms with Crippen LogP contribution in [0.5, 0.6) is 5.75 Å². The molecular formula is C16H24N2O3. The summed E-state index contributed by atoms with van der Waals surface area (Å²) in [5.41, 5.74) is 2.27. The summed E-state index contributed by atoms with van der Waals surface area (Å²) in [7, 11) is 1.66. The van der Waals surface area contributed by atoms with Crippen molar-refractivity contribution in [2.45, 2.75) is 32.2 Å². The summed E-state index contributed by atoms with van der Waals surface area (Å²) in [5.74, 6) is 0.851. The first-order valence-corrected chi connectivity index (χ1v) is 7.44. The highest BCUT2D eigenvalue weighted by atomic mass is 16.5. The van der Waals surface area contributed by atoms with Gasteiger partial charge in [-0.3, -0.25) is 0 Å². The van der Waals surface area contributed by atoms with Gasteiger partial charge in [-0.15, -0.1) is 0 Å². The number of rotatable bonds is 5. The first-order chi connectivity index (χ1) is 10.2. The summed E-state index contributed by atoms with van der Waals surface area (Å²) >= 11 is 0. The number of benzene rings is 1. The number of aliphatic hydroxyl groups excluding tert-OH is 1. The van der Waals surface area contributed by atoms with Crippen molar-refractivity contribution in [2.24, 2.45) is 0 Å². The molecule has 5 heteroatoms. The SMILES string of the molecule is COc1ccc(C)cc1CCNC(=O)N1CCCC1CO. The third-order valence-corrected chi connectivity index (χ3v) is 3.96. The van der Waals surface area contributed by atoms with E-state index in [-0.39, 0.29) is 18.7 Å².